The Morgan fingerprint density at radius 3 is 2.73 bits per heavy atom. The molecule has 15 heavy (non-hydrogen) atoms. The largest absolute Gasteiger partial charge is 0.349 e. The van der Waals surface area contributed by atoms with Gasteiger partial charge in [0.1, 0.15) is 0 Å². The molecule has 0 aromatic heterocycles. The van der Waals surface area contributed by atoms with Crippen LogP contribution in [0.15, 0.2) is 18.7 Å². The quantitative estimate of drug-likeness (QED) is 0.358. The van der Waals surface area contributed by atoms with Crippen molar-refractivity contribution in [2.45, 2.75) is 0 Å². The van der Waals surface area contributed by atoms with Gasteiger partial charge in [0.25, 0.3) is 5.91 Å². The maximum absolute atomic E-state index is 11.7. The van der Waals surface area contributed by atoms with Crippen LogP contribution in [-0.4, -0.2) is 12.5 Å². The predicted molar refractivity (Wildman–Crippen MR) is 86.0 cm³/mol. The molecule has 79 valence electrons. The molecule has 0 aliphatic heterocycles. The summed E-state index contributed by atoms with van der Waals surface area (Å²) in [7, 11) is 0. The van der Waals surface area contributed by atoms with Gasteiger partial charge >= 0.3 is 0 Å². The highest BCUT2D eigenvalue weighted by atomic mass is 127. The van der Waals surface area contributed by atoms with E-state index in [1.165, 1.54) is 0 Å². The van der Waals surface area contributed by atoms with Crippen molar-refractivity contribution in [3.8, 4) is 0 Å². The van der Waals surface area contributed by atoms with Gasteiger partial charge in [0.15, 0.2) is 0 Å². The number of nitrogens with one attached hydrogen (secondary N) is 1. The number of halogens is 3. The fraction of sp³-hybridized carbons (Fsp3) is 0.100. The highest BCUT2D eigenvalue weighted by Crippen LogP contribution is 2.24. The predicted octanol–water partition coefficient (Wildman–Crippen LogP) is 3.22. The summed E-state index contributed by atoms with van der Waals surface area (Å²) in [6, 6.07) is 4.78. The number of amides is 1. The van der Waals surface area contributed by atoms with Gasteiger partial charge in [0, 0.05) is 17.3 Å². The zero-order chi connectivity index (χ0) is 11.4. The molecule has 5 heteroatoms. The maximum atomic E-state index is 11.7. The molecular formula is C10H7I3NO. The highest BCUT2D eigenvalue weighted by Gasteiger charge is 2.13. The van der Waals surface area contributed by atoms with E-state index in [1.807, 2.05) is 0 Å². The van der Waals surface area contributed by atoms with Crippen LogP contribution in [-0.2, 0) is 0 Å². The number of benzene rings is 1. The molecule has 0 fully saturated rings. The van der Waals surface area contributed by atoms with Gasteiger partial charge in [-0.1, -0.05) is 6.08 Å². The van der Waals surface area contributed by atoms with Crippen molar-refractivity contribution in [3.63, 3.8) is 0 Å². The van der Waals surface area contributed by atoms with Crippen LogP contribution in [0.4, 0.5) is 0 Å². The van der Waals surface area contributed by atoms with E-state index >= 15 is 0 Å². The molecule has 1 aromatic rings. The second-order valence-corrected chi connectivity index (χ2v) is 5.88. The Balaban J connectivity index is 3.00. The lowest BCUT2D eigenvalue weighted by molar-refractivity contribution is 0.0957. The van der Waals surface area contributed by atoms with Gasteiger partial charge in [0.05, 0.1) is 5.56 Å². The first-order chi connectivity index (χ1) is 7.07. The molecule has 0 saturated carbocycles. The maximum Gasteiger partial charge on any atom is 0.252 e. The summed E-state index contributed by atoms with van der Waals surface area (Å²) in [5, 5.41) is 2.75. The van der Waals surface area contributed by atoms with E-state index in [1.54, 1.807) is 12.1 Å². The molecule has 1 amide bonds. The molecule has 0 aliphatic carbocycles. The first-order valence-electron chi connectivity index (χ1n) is 4.02. The SMILES string of the molecule is C=CCNC(=O)c1c[c]c(I)c(I)c1I. The van der Waals surface area contributed by atoms with Gasteiger partial charge in [-0.3, -0.25) is 4.79 Å². The van der Waals surface area contributed by atoms with Crippen molar-refractivity contribution in [1.82, 2.24) is 5.32 Å². The van der Waals surface area contributed by atoms with Crippen molar-refractivity contribution in [1.29, 1.82) is 0 Å². The van der Waals surface area contributed by atoms with Gasteiger partial charge in [-0.15, -0.1) is 6.58 Å². The van der Waals surface area contributed by atoms with Crippen molar-refractivity contribution in [3.05, 3.63) is 41.1 Å². The number of hydrogen-bond donors (Lipinski definition) is 1. The second-order valence-electron chi connectivity index (χ2n) is 2.64. The van der Waals surface area contributed by atoms with E-state index in [4.69, 9.17) is 0 Å². The van der Waals surface area contributed by atoms with Crippen LogP contribution in [0.5, 0.6) is 0 Å². The number of carbonyl (C=O) groups is 1. The van der Waals surface area contributed by atoms with Gasteiger partial charge in [-0.2, -0.15) is 0 Å². The Bertz CT molecular complexity index is 404. The Labute approximate surface area is 130 Å². The molecule has 0 spiro atoms. The molecule has 1 N–H and O–H groups in total. The van der Waals surface area contributed by atoms with Crippen molar-refractivity contribution in [2.75, 3.05) is 6.54 Å². The lowest BCUT2D eigenvalue weighted by atomic mass is 10.2. The van der Waals surface area contributed by atoms with E-state index < -0.39 is 0 Å². The molecule has 0 atom stereocenters. The van der Waals surface area contributed by atoms with Crippen molar-refractivity contribution < 1.29 is 4.79 Å². The van der Waals surface area contributed by atoms with E-state index in [-0.39, 0.29) is 5.91 Å². The molecule has 1 rings (SSSR count). The first kappa shape index (κ1) is 13.7. The van der Waals surface area contributed by atoms with Gasteiger partial charge < -0.3 is 5.32 Å². The Kier molecular flexibility index (Phi) is 5.82. The average Bonchev–Trinajstić information content (AvgIpc) is 2.23. The molecule has 0 bridgehead atoms. The van der Waals surface area contributed by atoms with Crippen LogP contribution in [0, 0.1) is 16.8 Å². The molecule has 0 saturated heterocycles. The molecule has 0 aliphatic rings. The first-order valence-corrected chi connectivity index (χ1v) is 7.25. The molecule has 0 unspecified atom stereocenters. The zero-order valence-corrected chi connectivity index (χ0v) is 14.1. The average molecular weight is 538 g/mol. The van der Waals surface area contributed by atoms with Crippen LogP contribution in [0.1, 0.15) is 10.4 Å². The summed E-state index contributed by atoms with van der Waals surface area (Å²) in [5.41, 5.74) is 0.669. The van der Waals surface area contributed by atoms with E-state index in [0.717, 1.165) is 10.7 Å². The van der Waals surface area contributed by atoms with E-state index in [2.05, 4.69) is 85.7 Å². The fourth-order valence-corrected chi connectivity index (χ4v) is 2.96. The van der Waals surface area contributed by atoms with Crippen LogP contribution in [0.25, 0.3) is 0 Å². The number of carbonyl (C=O) groups excluding carboxylic acids is 1. The molecule has 2 nitrogen and oxygen atoms in total. The molecule has 1 radical (unpaired) electrons. The molecule has 0 heterocycles. The topological polar surface area (TPSA) is 29.1 Å². The minimum absolute atomic E-state index is 0.0788. The van der Waals surface area contributed by atoms with Crippen LogP contribution < -0.4 is 5.32 Å². The normalized spacial score (nSPS) is 9.80. The summed E-state index contributed by atoms with van der Waals surface area (Å²) in [4.78, 5) is 11.7. The van der Waals surface area contributed by atoms with Crippen LogP contribution >= 0.6 is 67.8 Å². The summed E-state index contributed by atoms with van der Waals surface area (Å²) in [6.45, 7) is 4.04. The van der Waals surface area contributed by atoms with Crippen molar-refractivity contribution >= 4 is 73.7 Å². The molecule has 1 aromatic carbocycles. The van der Waals surface area contributed by atoms with Gasteiger partial charge in [-0.25, -0.2) is 0 Å². The Hall–Kier alpha value is 0.620. The van der Waals surface area contributed by atoms with Gasteiger partial charge in [0.2, 0.25) is 0 Å². The third kappa shape index (κ3) is 3.55. The highest BCUT2D eigenvalue weighted by molar-refractivity contribution is 14.1. The zero-order valence-electron chi connectivity index (χ0n) is 7.61. The Morgan fingerprint density at radius 2 is 2.13 bits per heavy atom. The summed E-state index contributed by atoms with van der Waals surface area (Å²) >= 11 is 6.60. The summed E-state index contributed by atoms with van der Waals surface area (Å²) in [5.74, 6) is -0.0788. The van der Waals surface area contributed by atoms with E-state index in [0.29, 0.717) is 12.1 Å². The lowest BCUT2D eigenvalue weighted by Crippen LogP contribution is -2.24. The number of rotatable bonds is 3. The smallest absolute Gasteiger partial charge is 0.252 e. The van der Waals surface area contributed by atoms with Crippen LogP contribution in [0.2, 0.25) is 0 Å². The van der Waals surface area contributed by atoms with Gasteiger partial charge in [-0.05, 0) is 79.9 Å². The van der Waals surface area contributed by atoms with Crippen molar-refractivity contribution in [2.24, 2.45) is 0 Å². The standard InChI is InChI=1S/C10H7I3NO/c1-2-5-14-10(15)6-3-4-7(11)9(13)8(6)12/h2-3H,1,5H2,(H,14,15). The lowest BCUT2D eigenvalue weighted by Gasteiger charge is -2.07. The second kappa shape index (κ2) is 6.38. The monoisotopic (exact) mass is 538 g/mol. The summed E-state index contributed by atoms with van der Waals surface area (Å²) in [6.07, 6.45) is 1.66. The number of hydrogen-bond acceptors (Lipinski definition) is 1. The molecular weight excluding hydrogens is 531 g/mol. The minimum Gasteiger partial charge on any atom is -0.349 e. The van der Waals surface area contributed by atoms with Crippen LogP contribution in [0.3, 0.4) is 0 Å². The fourth-order valence-electron chi connectivity index (χ4n) is 0.902. The minimum atomic E-state index is -0.0788. The Morgan fingerprint density at radius 1 is 1.47 bits per heavy atom. The van der Waals surface area contributed by atoms with E-state index in [9.17, 15) is 4.79 Å². The third-order valence-electron chi connectivity index (χ3n) is 1.62. The third-order valence-corrected chi connectivity index (χ3v) is 6.73. The summed E-state index contributed by atoms with van der Waals surface area (Å²) < 4.78 is 3.08.